The van der Waals surface area contributed by atoms with Gasteiger partial charge in [0.1, 0.15) is 5.82 Å². The molecule has 11 aromatic rings. The van der Waals surface area contributed by atoms with E-state index in [1.54, 1.807) is 0 Å². The molecule has 0 spiro atoms. The molecule has 12 rings (SSSR count). The Morgan fingerprint density at radius 1 is 0.385 bits per heavy atom. The summed E-state index contributed by atoms with van der Waals surface area (Å²) in [5.41, 5.74) is 12.7. The van der Waals surface area contributed by atoms with E-state index in [0.717, 1.165) is 33.5 Å². The summed E-state index contributed by atoms with van der Waals surface area (Å²) in [5, 5.41) is 9.71. The lowest BCUT2D eigenvalue weighted by atomic mass is 10.00. The van der Waals surface area contributed by atoms with Gasteiger partial charge in [-0.05, 0) is 88.1 Å². The Labute approximate surface area is 298 Å². The van der Waals surface area contributed by atoms with Gasteiger partial charge in [0, 0.05) is 61.5 Å². The van der Waals surface area contributed by atoms with Gasteiger partial charge in [0.2, 0.25) is 0 Å². The summed E-state index contributed by atoms with van der Waals surface area (Å²) in [5.74, 6) is 0.937. The molecule has 0 radical (unpaired) electrons. The Hall–Kier alpha value is -7.04. The van der Waals surface area contributed by atoms with Crippen molar-refractivity contribution in [2.75, 3.05) is 0 Å². The van der Waals surface area contributed by atoms with E-state index < -0.39 is 0 Å². The lowest BCUT2D eigenvalue weighted by molar-refractivity contribution is 1.10. The van der Waals surface area contributed by atoms with Crippen molar-refractivity contribution in [2.24, 2.45) is 0 Å². The van der Waals surface area contributed by atoms with Gasteiger partial charge in [-0.15, -0.1) is 0 Å². The first kappa shape index (κ1) is 27.7. The standard InChI is InChI=1S/C48H28N4/c1-2-12-33(13-3-1)51-42-18-7-6-14-34(42)38-25-31(19-21-43(38)51)32-20-22-44-39(26-32)40-24-29-10-4-5-11-30(29)27-45(40)52(44)48-37-16-8-15-35-36-17-9-23-49-47(36)41(28-50-48)46(35)37/h1-28H. The van der Waals surface area contributed by atoms with Crippen molar-refractivity contribution in [3.05, 3.63) is 170 Å². The summed E-state index contributed by atoms with van der Waals surface area (Å²) in [4.78, 5) is 9.99. The first-order valence-electron chi connectivity index (χ1n) is 17.7. The molecule has 0 saturated carbocycles. The van der Waals surface area contributed by atoms with Gasteiger partial charge in [-0.3, -0.25) is 9.55 Å². The van der Waals surface area contributed by atoms with E-state index in [0.29, 0.717) is 0 Å². The first-order chi connectivity index (χ1) is 25.8. The van der Waals surface area contributed by atoms with Crippen LogP contribution in [0.1, 0.15) is 0 Å². The normalized spacial score (nSPS) is 12.2. The van der Waals surface area contributed by atoms with Crippen LogP contribution in [-0.2, 0) is 0 Å². The zero-order valence-electron chi connectivity index (χ0n) is 28.0. The molecule has 4 heteroatoms. The van der Waals surface area contributed by atoms with Gasteiger partial charge in [0.05, 0.1) is 27.8 Å². The van der Waals surface area contributed by atoms with Crippen LogP contribution in [0.5, 0.6) is 0 Å². The summed E-state index contributed by atoms with van der Waals surface area (Å²) < 4.78 is 4.74. The zero-order valence-corrected chi connectivity index (χ0v) is 28.0. The van der Waals surface area contributed by atoms with Crippen LogP contribution in [0, 0.1) is 0 Å². The highest BCUT2D eigenvalue weighted by molar-refractivity contribution is 6.19. The Morgan fingerprint density at radius 3 is 1.88 bits per heavy atom. The van der Waals surface area contributed by atoms with Gasteiger partial charge in [-0.25, -0.2) is 4.98 Å². The van der Waals surface area contributed by atoms with Gasteiger partial charge in [-0.1, -0.05) is 97.1 Å². The van der Waals surface area contributed by atoms with Crippen molar-refractivity contribution in [1.29, 1.82) is 0 Å². The topological polar surface area (TPSA) is 35.6 Å². The van der Waals surface area contributed by atoms with Crippen LogP contribution < -0.4 is 0 Å². The van der Waals surface area contributed by atoms with Crippen LogP contribution in [0.25, 0.3) is 110 Å². The predicted molar refractivity (Wildman–Crippen MR) is 216 cm³/mol. The Bertz CT molecular complexity index is 3260. The van der Waals surface area contributed by atoms with Crippen LogP contribution in [0.15, 0.2) is 170 Å². The summed E-state index contributed by atoms with van der Waals surface area (Å²) >= 11 is 0. The minimum absolute atomic E-state index is 0.937. The van der Waals surface area contributed by atoms with E-state index in [1.165, 1.54) is 76.7 Å². The number of rotatable bonds is 3. The molecule has 240 valence electrons. The highest BCUT2D eigenvalue weighted by Crippen LogP contribution is 2.48. The molecular weight excluding hydrogens is 633 g/mol. The number of para-hydroxylation sites is 2. The molecule has 1 aliphatic carbocycles. The van der Waals surface area contributed by atoms with E-state index in [4.69, 9.17) is 9.97 Å². The lowest BCUT2D eigenvalue weighted by Crippen LogP contribution is -1.99. The lowest BCUT2D eigenvalue weighted by Gasteiger charge is -2.12. The number of hydrogen-bond acceptors (Lipinski definition) is 2. The van der Waals surface area contributed by atoms with Crippen LogP contribution in [-0.4, -0.2) is 19.1 Å². The molecule has 4 heterocycles. The summed E-state index contributed by atoms with van der Waals surface area (Å²) in [6, 6.07) is 57.3. The average molecular weight is 661 g/mol. The molecule has 0 unspecified atom stereocenters. The van der Waals surface area contributed by atoms with Crippen LogP contribution in [0.2, 0.25) is 0 Å². The molecule has 0 atom stereocenters. The second-order valence-corrected chi connectivity index (χ2v) is 13.8. The van der Waals surface area contributed by atoms with Gasteiger partial charge >= 0.3 is 0 Å². The molecule has 52 heavy (non-hydrogen) atoms. The average Bonchev–Trinajstić information content (AvgIpc) is 3.83. The SMILES string of the molecule is c1ccc(-n2c3ccccc3c3cc(-c4ccc5c(c4)c4cc6ccccc6cc4n5-c4ncc5c6c(cccc46)-c4cccnc4-5)ccc32)cc1. The van der Waals surface area contributed by atoms with Crippen molar-refractivity contribution in [3.8, 4) is 45.0 Å². The van der Waals surface area contributed by atoms with Crippen molar-refractivity contribution in [3.63, 3.8) is 0 Å². The number of hydrogen-bond donors (Lipinski definition) is 0. The van der Waals surface area contributed by atoms with Crippen LogP contribution >= 0.6 is 0 Å². The number of nitrogens with zero attached hydrogens (tertiary/aromatic N) is 4. The van der Waals surface area contributed by atoms with Crippen molar-refractivity contribution < 1.29 is 0 Å². The van der Waals surface area contributed by atoms with Crippen molar-refractivity contribution in [2.45, 2.75) is 0 Å². The third-order valence-corrected chi connectivity index (χ3v) is 11.1. The Morgan fingerprint density at radius 2 is 1.04 bits per heavy atom. The number of aromatic nitrogens is 4. The second-order valence-electron chi connectivity index (χ2n) is 13.8. The highest BCUT2D eigenvalue weighted by Gasteiger charge is 2.26. The van der Waals surface area contributed by atoms with E-state index in [-0.39, 0.29) is 0 Å². The highest BCUT2D eigenvalue weighted by atomic mass is 15.1. The van der Waals surface area contributed by atoms with E-state index in [1.807, 2.05) is 18.5 Å². The van der Waals surface area contributed by atoms with Crippen molar-refractivity contribution in [1.82, 2.24) is 19.1 Å². The maximum Gasteiger partial charge on any atom is 0.145 e. The van der Waals surface area contributed by atoms with Gasteiger partial charge in [0.15, 0.2) is 0 Å². The zero-order chi connectivity index (χ0) is 33.9. The molecule has 0 amide bonds. The molecule has 1 aliphatic rings. The molecule has 0 N–H and O–H groups in total. The van der Waals surface area contributed by atoms with E-state index >= 15 is 0 Å². The number of benzene rings is 7. The van der Waals surface area contributed by atoms with Crippen LogP contribution in [0.3, 0.4) is 0 Å². The van der Waals surface area contributed by atoms with E-state index in [9.17, 15) is 0 Å². The molecular formula is C48H28N4. The smallest absolute Gasteiger partial charge is 0.145 e. The summed E-state index contributed by atoms with van der Waals surface area (Å²) in [6.45, 7) is 0. The molecule has 0 saturated heterocycles. The quantitative estimate of drug-likeness (QED) is 0.189. The van der Waals surface area contributed by atoms with Crippen molar-refractivity contribution >= 4 is 65.2 Å². The third kappa shape index (κ3) is 3.70. The summed E-state index contributed by atoms with van der Waals surface area (Å²) in [7, 11) is 0. The van der Waals surface area contributed by atoms with E-state index in [2.05, 4.69) is 161 Å². The van der Waals surface area contributed by atoms with Crippen LogP contribution in [0.4, 0.5) is 0 Å². The molecule has 4 nitrogen and oxygen atoms in total. The predicted octanol–water partition coefficient (Wildman–Crippen LogP) is 12.3. The monoisotopic (exact) mass is 660 g/mol. The molecule has 4 aromatic heterocycles. The fraction of sp³-hybridized carbons (Fsp3) is 0. The Kier molecular flexibility index (Phi) is 5.47. The summed E-state index contributed by atoms with van der Waals surface area (Å²) in [6.07, 6.45) is 3.90. The minimum atomic E-state index is 0.937. The van der Waals surface area contributed by atoms with Gasteiger partial charge in [0.25, 0.3) is 0 Å². The first-order valence-corrected chi connectivity index (χ1v) is 17.7. The maximum absolute atomic E-state index is 5.22. The molecule has 0 fully saturated rings. The fourth-order valence-corrected chi connectivity index (χ4v) is 8.83. The Balaban J connectivity index is 1.12. The fourth-order valence-electron chi connectivity index (χ4n) is 8.83. The molecule has 0 aliphatic heterocycles. The number of fused-ring (bicyclic) bond motifs is 10. The number of pyridine rings is 2. The molecule has 0 bridgehead atoms. The van der Waals surface area contributed by atoms with Gasteiger partial charge in [-0.2, -0.15) is 0 Å². The third-order valence-electron chi connectivity index (χ3n) is 11.1. The largest absolute Gasteiger partial charge is 0.309 e. The maximum atomic E-state index is 5.22. The second kappa shape index (κ2) is 10.3. The minimum Gasteiger partial charge on any atom is -0.309 e. The van der Waals surface area contributed by atoms with Gasteiger partial charge < -0.3 is 4.57 Å². The molecule has 7 aromatic carbocycles.